The Labute approximate surface area is 178 Å². The van der Waals surface area contributed by atoms with Gasteiger partial charge in [0.2, 0.25) is 0 Å². The van der Waals surface area contributed by atoms with Crippen molar-refractivity contribution in [1.29, 1.82) is 0 Å². The van der Waals surface area contributed by atoms with E-state index in [0.29, 0.717) is 13.0 Å². The lowest BCUT2D eigenvalue weighted by molar-refractivity contribution is -0.139. The Morgan fingerprint density at radius 3 is 2.30 bits per heavy atom. The molecule has 1 amide bonds. The normalized spacial score (nSPS) is 11.7. The number of aryl methyl sites for hydroxylation is 2. The second-order valence-electron chi connectivity index (χ2n) is 6.64. The number of carbonyl (C=O) groups is 1. The molecule has 166 valence electrons. The number of hydrogen-bond acceptors (Lipinski definition) is 7. The smallest absolute Gasteiger partial charge is 0.253 e. The summed E-state index contributed by atoms with van der Waals surface area (Å²) in [5.41, 5.74) is 8.03. The standard InChI is InChI=1S/C12H17N3O3.C9H12.CH5NO/c1-9(14-18)11(16)12(17)15(2)8-6-10-5-3-4-7-13-10;1-3-9-6-4-8(2)5-7-9;2-1-3/h3-5,7,9,11,16H,6,8H2,1-2H3;4-7H,3H2,1-2H3;3H,1-2H2/t9-,11+;;/m0../s1. The summed E-state index contributed by atoms with van der Waals surface area (Å²) in [4.78, 5) is 27.5. The van der Waals surface area contributed by atoms with E-state index in [9.17, 15) is 14.8 Å². The van der Waals surface area contributed by atoms with Crippen molar-refractivity contribution in [3.63, 3.8) is 0 Å². The fourth-order valence-corrected chi connectivity index (χ4v) is 2.25. The van der Waals surface area contributed by atoms with Gasteiger partial charge in [-0.25, -0.2) is 0 Å². The second-order valence-corrected chi connectivity index (χ2v) is 6.64. The third-order valence-corrected chi connectivity index (χ3v) is 4.21. The van der Waals surface area contributed by atoms with Crippen molar-refractivity contribution in [2.45, 2.75) is 45.8 Å². The molecule has 0 radical (unpaired) electrons. The summed E-state index contributed by atoms with van der Waals surface area (Å²) in [5, 5.41) is 19.6. The van der Waals surface area contributed by atoms with E-state index in [2.05, 4.69) is 54.0 Å². The van der Waals surface area contributed by atoms with Crippen LogP contribution >= 0.6 is 0 Å². The zero-order valence-electron chi connectivity index (χ0n) is 18.2. The minimum absolute atomic E-state index is 0.250. The fraction of sp³-hybridized carbons (Fsp3) is 0.455. The molecule has 1 aromatic carbocycles. The molecule has 0 aliphatic rings. The number of likely N-dealkylation sites (N-methyl/N-ethyl adjacent to an activating group) is 1. The first-order valence-corrected chi connectivity index (χ1v) is 9.82. The van der Waals surface area contributed by atoms with Gasteiger partial charge in [-0.3, -0.25) is 9.78 Å². The van der Waals surface area contributed by atoms with Crippen molar-refractivity contribution >= 4 is 5.91 Å². The van der Waals surface area contributed by atoms with E-state index < -0.39 is 18.1 Å². The third-order valence-electron chi connectivity index (χ3n) is 4.21. The molecule has 8 heteroatoms. The summed E-state index contributed by atoms with van der Waals surface area (Å²) in [7, 11) is 1.58. The monoisotopic (exact) mass is 418 g/mol. The Morgan fingerprint density at radius 2 is 1.83 bits per heavy atom. The number of benzene rings is 1. The molecular weight excluding hydrogens is 384 g/mol. The van der Waals surface area contributed by atoms with E-state index in [4.69, 9.17) is 5.11 Å². The van der Waals surface area contributed by atoms with Gasteiger partial charge in [-0.2, -0.15) is 4.91 Å². The lowest BCUT2D eigenvalue weighted by atomic mass is 10.1. The number of carbonyl (C=O) groups excluding carboxylic acids is 1. The number of rotatable bonds is 7. The lowest BCUT2D eigenvalue weighted by Crippen LogP contribution is -2.42. The maximum Gasteiger partial charge on any atom is 0.253 e. The minimum Gasteiger partial charge on any atom is -0.382 e. The van der Waals surface area contributed by atoms with Gasteiger partial charge in [0.1, 0.15) is 6.04 Å². The van der Waals surface area contributed by atoms with Crippen LogP contribution in [0.1, 0.15) is 30.7 Å². The first kappa shape index (κ1) is 27.3. The predicted molar refractivity (Wildman–Crippen MR) is 119 cm³/mol. The van der Waals surface area contributed by atoms with E-state index >= 15 is 0 Å². The molecule has 2 rings (SSSR count). The summed E-state index contributed by atoms with van der Waals surface area (Å²) in [6.07, 6.45) is 2.04. The van der Waals surface area contributed by atoms with Gasteiger partial charge in [0.05, 0.1) is 6.73 Å². The van der Waals surface area contributed by atoms with E-state index in [0.717, 1.165) is 12.1 Å². The third kappa shape index (κ3) is 11.4. The Hall–Kier alpha value is -2.68. The van der Waals surface area contributed by atoms with Crippen LogP contribution in [0.2, 0.25) is 0 Å². The number of nitroso groups, excluding NO2 is 1. The maximum atomic E-state index is 11.7. The number of pyridine rings is 1. The molecular formula is C22H34N4O4. The van der Waals surface area contributed by atoms with E-state index in [1.807, 2.05) is 18.2 Å². The number of nitrogens with two attached hydrogens (primary N) is 1. The average Bonchev–Trinajstić information content (AvgIpc) is 2.78. The van der Waals surface area contributed by atoms with Crippen LogP contribution in [-0.4, -0.2) is 58.5 Å². The van der Waals surface area contributed by atoms with Crippen molar-refractivity contribution in [3.05, 3.63) is 70.4 Å². The van der Waals surface area contributed by atoms with Crippen LogP contribution in [0.15, 0.2) is 53.8 Å². The van der Waals surface area contributed by atoms with Gasteiger partial charge >= 0.3 is 0 Å². The highest BCUT2D eigenvalue weighted by atomic mass is 16.3. The molecule has 0 saturated heterocycles. The summed E-state index contributed by atoms with van der Waals surface area (Å²) >= 11 is 0. The number of nitrogens with zero attached hydrogens (tertiary/aromatic N) is 3. The van der Waals surface area contributed by atoms with Crippen LogP contribution < -0.4 is 5.73 Å². The molecule has 0 aliphatic carbocycles. The Bertz CT molecular complexity index is 711. The average molecular weight is 419 g/mol. The van der Waals surface area contributed by atoms with Gasteiger partial charge < -0.3 is 20.8 Å². The van der Waals surface area contributed by atoms with Gasteiger partial charge in [-0.15, -0.1) is 0 Å². The van der Waals surface area contributed by atoms with Crippen LogP contribution in [0.25, 0.3) is 0 Å². The Morgan fingerprint density at radius 1 is 1.23 bits per heavy atom. The molecule has 4 N–H and O–H groups in total. The van der Waals surface area contributed by atoms with Gasteiger partial charge in [0.25, 0.3) is 5.91 Å². The first-order valence-electron chi connectivity index (χ1n) is 9.82. The van der Waals surface area contributed by atoms with Crippen molar-refractivity contribution in [1.82, 2.24) is 9.88 Å². The summed E-state index contributed by atoms with van der Waals surface area (Å²) in [5.74, 6) is -0.502. The van der Waals surface area contributed by atoms with Crippen molar-refractivity contribution in [3.8, 4) is 0 Å². The van der Waals surface area contributed by atoms with Crippen LogP contribution in [0, 0.1) is 11.8 Å². The zero-order chi connectivity index (χ0) is 22.9. The molecule has 1 heterocycles. The van der Waals surface area contributed by atoms with Gasteiger partial charge in [0.15, 0.2) is 6.10 Å². The van der Waals surface area contributed by atoms with Crippen molar-refractivity contribution in [2.75, 3.05) is 20.3 Å². The number of hydrogen-bond donors (Lipinski definition) is 3. The predicted octanol–water partition coefficient (Wildman–Crippen LogP) is 2.05. The highest BCUT2D eigenvalue weighted by Gasteiger charge is 2.25. The van der Waals surface area contributed by atoms with Gasteiger partial charge in [-0.05, 0) is 38.0 Å². The summed E-state index contributed by atoms with van der Waals surface area (Å²) in [6.45, 7) is 5.87. The number of aliphatic hydroxyl groups is 2. The molecule has 2 atom stereocenters. The topological polar surface area (TPSA) is 129 Å². The SMILES string of the molecule is CCc1ccc(C)cc1.C[C@H](N=O)[C@@H](O)C(=O)N(C)CCc1ccccn1.NCO. The second kappa shape index (κ2) is 16.2. The molecule has 0 bridgehead atoms. The molecule has 0 aliphatic heterocycles. The molecule has 0 saturated carbocycles. The van der Waals surface area contributed by atoms with Crippen molar-refractivity contribution in [2.24, 2.45) is 10.9 Å². The zero-order valence-corrected chi connectivity index (χ0v) is 18.2. The Balaban J connectivity index is 0.000000581. The maximum absolute atomic E-state index is 11.7. The van der Waals surface area contributed by atoms with Crippen LogP contribution in [0.3, 0.4) is 0 Å². The quantitative estimate of drug-likeness (QED) is 0.466. The summed E-state index contributed by atoms with van der Waals surface area (Å²) in [6, 6.07) is 13.3. The van der Waals surface area contributed by atoms with Crippen molar-refractivity contribution < 1.29 is 15.0 Å². The molecule has 30 heavy (non-hydrogen) atoms. The molecule has 8 nitrogen and oxygen atoms in total. The van der Waals surface area contributed by atoms with Gasteiger partial charge in [0, 0.05) is 31.9 Å². The molecule has 0 fully saturated rings. The number of amides is 1. The lowest BCUT2D eigenvalue weighted by Gasteiger charge is -2.21. The number of aliphatic hydroxyl groups excluding tert-OH is 2. The number of aromatic nitrogens is 1. The minimum atomic E-state index is -1.38. The largest absolute Gasteiger partial charge is 0.382 e. The van der Waals surface area contributed by atoms with Gasteiger partial charge in [-0.1, -0.05) is 48.0 Å². The van der Waals surface area contributed by atoms with Crippen LogP contribution in [-0.2, 0) is 17.6 Å². The highest BCUT2D eigenvalue weighted by molar-refractivity contribution is 5.81. The van der Waals surface area contributed by atoms with E-state index in [1.54, 1.807) is 13.2 Å². The van der Waals surface area contributed by atoms with E-state index in [1.165, 1.54) is 23.0 Å². The fourth-order valence-electron chi connectivity index (χ4n) is 2.25. The Kier molecular flexibility index (Phi) is 14.7. The molecule has 0 unspecified atom stereocenters. The van der Waals surface area contributed by atoms with Crippen LogP contribution in [0.4, 0.5) is 0 Å². The highest BCUT2D eigenvalue weighted by Crippen LogP contribution is 2.04. The summed E-state index contributed by atoms with van der Waals surface area (Å²) < 4.78 is 0. The molecule has 0 spiro atoms. The van der Waals surface area contributed by atoms with E-state index in [-0.39, 0.29) is 6.73 Å². The van der Waals surface area contributed by atoms with Crippen LogP contribution in [0.5, 0.6) is 0 Å². The first-order chi connectivity index (χ1) is 14.3. The molecule has 1 aromatic heterocycles. The molecule has 2 aromatic rings.